The maximum atomic E-state index is 11.8. The zero-order valence-corrected chi connectivity index (χ0v) is 11.8. The molecule has 21 heavy (non-hydrogen) atoms. The van der Waals surface area contributed by atoms with Gasteiger partial charge in [-0.05, 0) is 24.0 Å². The molecular weight excluding hydrogens is 272 g/mol. The molecule has 0 bridgehead atoms. The third-order valence-electron chi connectivity index (χ3n) is 3.39. The topological polar surface area (TPSA) is 87.7 Å². The molecule has 1 aliphatic heterocycles. The van der Waals surface area contributed by atoms with Gasteiger partial charge >= 0.3 is 12.0 Å². The van der Waals surface area contributed by atoms with Gasteiger partial charge in [-0.3, -0.25) is 4.79 Å². The first kappa shape index (κ1) is 15.3. The summed E-state index contributed by atoms with van der Waals surface area (Å²) < 4.78 is 5.30. The molecule has 0 spiro atoms. The molecule has 0 radical (unpaired) electrons. The molecule has 3 N–H and O–H groups in total. The second kappa shape index (κ2) is 7.64. The number of carbonyl (C=O) groups excluding carboxylic acids is 1. The summed E-state index contributed by atoms with van der Waals surface area (Å²) in [6.45, 7) is 1.61. The van der Waals surface area contributed by atoms with Gasteiger partial charge in [-0.25, -0.2) is 4.79 Å². The monoisotopic (exact) mass is 292 g/mol. The zero-order chi connectivity index (χ0) is 15.1. The summed E-state index contributed by atoms with van der Waals surface area (Å²) in [4.78, 5) is 22.6. The molecule has 2 rings (SSSR count). The van der Waals surface area contributed by atoms with Gasteiger partial charge in [-0.15, -0.1) is 0 Å². The number of carbonyl (C=O) groups is 2. The Bertz CT molecular complexity index is 498. The van der Waals surface area contributed by atoms with Crippen LogP contribution in [0.4, 0.5) is 4.79 Å². The minimum absolute atomic E-state index is 0.0457. The van der Waals surface area contributed by atoms with Gasteiger partial charge in [0.25, 0.3) is 0 Å². The highest BCUT2D eigenvalue weighted by molar-refractivity contribution is 5.74. The van der Waals surface area contributed by atoms with E-state index in [9.17, 15) is 9.59 Å². The van der Waals surface area contributed by atoms with Crippen LogP contribution in [-0.4, -0.2) is 36.4 Å². The molecule has 6 heteroatoms. The first-order chi connectivity index (χ1) is 10.1. The number of rotatable bonds is 5. The minimum atomic E-state index is -0.883. The Kier molecular flexibility index (Phi) is 5.57. The average Bonchev–Trinajstić information content (AvgIpc) is 2.47. The molecule has 0 aliphatic carbocycles. The predicted molar refractivity (Wildman–Crippen MR) is 77.0 cm³/mol. The summed E-state index contributed by atoms with van der Waals surface area (Å²) in [5.74, 6) is -0.883. The largest absolute Gasteiger partial charge is 0.481 e. The smallest absolute Gasteiger partial charge is 0.315 e. The Hall–Kier alpha value is -2.08. The second-order valence-electron chi connectivity index (χ2n) is 5.08. The van der Waals surface area contributed by atoms with Crippen LogP contribution in [0.5, 0.6) is 0 Å². The third kappa shape index (κ3) is 5.07. The molecule has 0 aromatic heterocycles. The summed E-state index contributed by atoms with van der Waals surface area (Å²) in [7, 11) is 0. The molecule has 2 amide bonds. The van der Waals surface area contributed by atoms with Gasteiger partial charge in [0.1, 0.15) is 0 Å². The van der Waals surface area contributed by atoms with Gasteiger partial charge in [-0.2, -0.15) is 0 Å². The first-order valence-corrected chi connectivity index (χ1v) is 7.06. The average molecular weight is 292 g/mol. The molecule has 1 saturated heterocycles. The SMILES string of the molecule is O=C(O)Cc1ccccc1CNC(=O)NC1CCCOC1. The van der Waals surface area contributed by atoms with Gasteiger partial charge in [0.05, 0.1) is 19.1 Å². The summed E-state index contributed by atoms with van der Waals surface area (Å²) in [6.07, 6.45) is 1.82. The Labute approximate surface area is 123 Å². The van der Waals surface area contributed by atoms with Crippen molar-refractivity contribution >= 4 is 12.0 Å². The van der Waals surface area contributed by atoms with Crippen LogP contribution in [0.25, 0.3) is 0 Å². The van der Waals surface area contributed by atoms with E-state index in [1.807, 2.05) is 12.1 Å². The van der Waals surface area contributed by atoms with Crippen molar-refractivity contribution in [2.24, 2.45) is 0 Å². The number of carboxylic acids is 1. The summed E-state index contributed by atoms with van der Waals surface area (Å²) in [5, 5.41) is 14.5. The highest BCUT2D eigenvalue weighted by Crippen LogP contribution is 2.10. The fourth-order valence-corrected chi connectivity index (χ4v) is 2.33. The van der Waals surface area contributed by atoms with Crippen molar-refractivity contribution < 1.29 is 19.4 Å². The number of ether oxygens (including phenoxy) is 1. The molecule has 1 aliphatic rings. The van der Waals surface area contributed by atoms with Crippen LogP contribution in [0.3, 0.4) is 0 Å². The lowest BCUT2D eigenvalue weighted by atomic mass is 10.0. The molecule has 1 aromatic rings. The molecule has 6 nitrogen and oxygen atoms in total. The molecule has 1 unspecified atom stereocenters. The first-order valence-electron chi connectivity index (χ1n) is 7.06. The van der Waals surface area contributed by atoms with Gasteiger partial charge in [-0.1, -0.05) is 24.3 Å². The number of benzene rings is 1. The Morgan fingerprint density at radius 3 is 2.71 bits per heavy atom. The van der Waals surface area contributed by atoms with E-state index in [0.717, 1.165) is 25.0 Å². The van der Waals surface area contributed by atoms with Crippen molar-refractivity contribution in [3.05, 3.63) is 35.4 Å². The number of aliphatic carboxylic acids is 1. The molecular formula is C15H20N2O4. The molecule has 1 heterocycles. The Morgan fingerprint density at radius 2 is 2.05 bits per heavy atom. The van der Waals surface area contributed by atoms with Crippen molar-refractivity contribution in [3.8, 4) is 0 Å². The summed E-state index contributed by atoms with van der Waals surface area (Å²) >= 11 is 0. The highest BCUT2D eigenvalue weighted by Gasteiger charge is 2.16. The number of hydrogen-bond acceptors (Lipinski definition) is 3. The lowest BCUT2D eigenvalue weighted by Gasteiger charge is -2.23. The third-order valence-corrected chi connectivity index (χ3v) is 3.39. The van der Waals surface area contributed by atoms with E-state index in [-0.39, 0.29) is 18.5 Å². The van der Waals surface area contributed by atoms with Gasteiger partial charge in [0.15, 0.2) is 0 Å². The van der Waals surface area contributed by atoms with Crippen LogP contribution in [0.15, 0.2) is 24.3 Å². The van der Waals surface area contributed by atoms with E-state index >= 15 is 0 Å². The van der Waals surface area contributed by atoms with Crippen LogP contribution in [0, 0.1) is 0 Å². The van der Waals surface area contributed by atoms with Gasteiger partial charge in [0.2, 0.25) is 0 Å². The highest BCUT2D eigenvalue weighted by atomic mass is 16.5. The molecule has 114 valence electrons. The van der Waals surface area contributed by atoms with Crippen molar-refractivity contribution in [1.82, 2.24) is 10.6 Å². The van der Waals surface area contributed by atoms with Gasteiger partial charge in [0, 0.05) is 13.2 Å². The predicted octanol–water partition coefficient (Wildman–Crippen LogP) is 1.29. The van der Waals surface area contributed by atoms with E-state index in [4.69, 9.17) is 9.84 Å². The van der Waals surface area contributed by atoms with Crippen molar-refractivity contribution in [2.75, 3.05) is 13.2 Å². The normalized spacial score (nSPS) is 18.0. The molecule has 1 aromatic carbocycles. The zero-order valence-electron chi connectivity index (χ0n) is 11.8. The standard InChI is InChI=1S/C15H20N2O4/c18-14(19)8-11-4-1-2-5-12(11)9-16-15(20)17-13-6-3-7-21-10-13/h1-2,4-5,13H,3,6-10H2,(H,18,19)(H2,16,17,20). The Balaban J connectivity index is 1.84. The Morgan fingerprint density at radius 1 is 1.29 bits per heavy atom. The van der Waals surface area contributed by atoms with E-state index in [2.05, 4.69) is 10.6 Å². The number of hydrogen-bond donors (Lipinski definition) is 3. The maximum Gasteiger partial charge on any atom is 0.315 e. The van der Waals surface area contributed by atoms with Gasteiger partial charge < -0.3 is 20.5 Å². The van der Waals surface area contributed by atoms with Crippen LogP contribution in [-0.2, 0) is 22.5 Å². The van der Waals surface area contributed by atoms with Crippen molar-refractivity contribution in [2.45, 2.75) is 31.8 Å². The van der Waals surface area contributed by atoms with Crippen LogP contribution in [0.1, 0.15) is 24.0 Å². The number of amides is 2. The lowest BCUT2D eigenvalue weighted by molar-refractivity contribution is -0.136. The molecule has 1 atom stereocenters. The summed E-state index contributed by atoms with van der Waals surface area (Å²) in [6, 6.07) is 7.00. The number of urea groups is 1. The fraction of sp³-hybridized carbons (Fsp3) is 0.467. The van der Waals surface area contributed by atoms with E-state index in [0.29, 0.717) is 18.7 Å². The summed E-state index contributed by atoms with van der Waals surface area (Å²) in [5.41, 5.74) is 1.53. The molecule has 1 fully saturated rings. The van der Waals surface area contributed by atoms with Crippen LogP contribution in [0.2, 0.25) is 0 Å². The minimum Gasteiger partial charge on any atom is -0.481 e. The second-order valence-corrected chi connectivity index (χ2v) is 5.08. The van der Waals surface area contributed by atoms with E-state index in [1.165, 1.54) is 0 Å². The number of carboxylic acid groups (broad SMARTS) is 1. The van der Waals surface area contributed by atoms with Crippen LogP contribution < -0.4 is 10.6 Å². The van der Waals surface area contributed by atoms with E-state index in [1.54, 1.807) is 12.1 Å². The fourth-order valence-electron chi connectivity index (χ4n) is 2.33. The lowest BCUT2D eigenvalue weighted by Crippen LogP contribution is -2.45. The quantitative estimate of drug-likeness (QED) is 0.763. The van der Waals surface area contributed by atoms with Crippen LogP contribution >= 0.6 is 0 Å². The maximum absolute atomic E-state index is 11.8. The van der Waals surface area contributed by atoms with Crippen molar-refractivity contribution in [3.63, 3.8) is 0 Å². The van der Waals surface area contributed by atoms with Crippen molar-refractivity contribution in [1.29, 1.82) is 0 Å². The van der Waals surface area contributed by atoms with E-state index < -0.39 is 5.97 Å². The molecule has 0 saturated carbocycles. The number of nitrogens with one attached hydrogen (secondary N) is 2.